The van der Waals surface area contributed by atoms with Crippen molar-refractivity contribution in [1.29, 1.82) is 0 Å². The summed E-state index contributed by atoms with van der Waals surface area (Å²) in [5, 5.41) is 2.07. The molecule has 3 rings (SSSR count). The highest BCUT2D eigenvalue weighted by Gasteiger charge is 2.24. The maximum atomic E-state index is 12.4. The summed E-state index contributed by atoms with van der Waals surface area (Å²) in [7, 11) is 2.00. The Morgan fingerprint density at radius 3 is 2.95 bits per heavy atom. The first-order valence-electron chi connectivity index (χ1n) is 6.83. The van der Waals surface area contributed by atoms with E-state index in [1.807, 2.05) is 36.2 Å². The van der Waals surface area contributed by atoms with Gasteiger partial charge in [-0.1, -0.05) is 24.3 Å². The minimum absolute atomic E-state index is 0.189. The van der Waals surface area contributed by atoms with Crippen LogP contribution in [0.5, 0.6) is 0 Å². The Kier molecular flexibility index (Phi) is 3.85. The van der Waals surface area contributed by atoms with E-state index in [4.69, 9.17) is 0 Å². The minimum atomic E-state index is 0.189. The summed E-state index contributed by atoms with van der Waals surface area (Å²) in [4.78, 5) is 17.7. The van der Waals surface area contributed by atoms with Gasteiger partial charge in [0.2, 0.25) is 5.91 Å². The first kappa shape index (κ1) is 13.3. The van der Waals surface area contributed by atoms with E-state index < -0.39 is 0 Å². The number of likely N-dealkylation sites (N-methyl/N-ethyl adjacent to an activating group) is 1. The third-order valence-corrected chi connectivity index (χ3v) is 4.46. The summed E-state index contributed by atoms with van der Waals surface area (Å²) in [6, 6.07) is 12.3. The van der Waals surface area contributed by atoms with Crippen molar-refractivity contribution >= 4 is 22.9 Å². The van der Waals surface area contributed by atoms with Crippen LogP contribution in [-0.4, -0.2) is 30.9 Å². The molecular formula is C16H18N2OS. The standard InChI is InChI=1S/C16H18N2OS/c1-17(11-14-6-4-10-20-14)12-16(19)18-9-8-13-5-2-3-7-15(13)18/h2-7,10H,8-9,11-12H2,1H3. The fourth-order valence-corrected chi connectivity index (χ4v) is 3.42. The molecule has 1 aromatic carbocycles. The van der Waals surface area contributed by atoms with Gasteiger partial charge < -0.3 is 4.90 Å². The number of anilines is 1. The molecule has 1 aliphatic rings. The summed E-state index contributed by atoms with van der Waals surface area (Å²) in [5.41, 5.74) is 2.36. The molecule has 0 aliphatic carbocycles. The molecule has 2 heterocycles. The lowest BCUT2D eigenvalue weighted by atomic mass is 10.2. The van der Waals surface area contributed by atoms with Crippen molar-refractivity contribution < 1.29 is 4.79 Å². The fraction of sp³-hybridized carbons (Fsp3) is 0.312. The van der Waals surface area contributed by atoms with Crippen molar-refractivity contribution in [1.82, 2.24) is 4.90 Å². The summed E-state index contributed by atoms with van der Waals surface area (Å²) in [6.07, 6.45) is 0.969. The number of para-hydroxylation sites is 1. The Balaban J connectivity index is 1.63. The third kappa shape index (κ3) is 2.76. The van der Waals surface area contributed by atoms with Crippen LogP contribution in [0.2, 0.25) is 0 Å². The highest BCUT2D eigenvalue weighted by atomic mass is 32.1. The van der Waals surface area contributed by atoms with E-state index in [0.717, 1.165) is 25.2 Å². The Labute approximate surface area is 123 Å². The molecule has 0 radical (unpaired) electrons. The van der Waals surface area contributed by atoms with Crippen molar-refractivity contribution in [3.05, 3.63) is 52.2 Å². The Hall–Kier alpha value is -1.65. The van der Waals surface area contributed by atoms with E-state index in [-0.39, 0.29) is 5.91 Å². The van der Waals surface area contributed by atoms with E-state index >= 15 is 0 Å². The number of carbonyl (C=O) groups is 1. The van der Waals surface area contributed by atoms with Crippen LogP contribution in [0.1, 0.15) is 10.4 Å². The molecule has 0 atom stereocenters. The normalized spacial score (nSPS) is 13.8. The van der Waals surface area contributed by atoms with Crippen LogP contribution in [0.3, 0.4) is 0 Å². The molecule has 0 fully saturated rings. The zero-order valence-corrected chi connectivity index (χ0v) is 12.4. The predicted molar refractivity (Wildman–Crippen MR) is 83.2 cm³/mol. The highest BCUT2D eigenvalue weighted by Crippen LogP contribution is 2.27. The van der Waals surface area contributed by atoms with E-state index in [2.05, 4.69) is 22.4 Å². The average Bonchev–Trinajstić information content (AvgIpc) is 3.07. The number of fused-ring (bicyclic) bond motifs is 1. The molecule has 4 heteroatoms. The van der Waals surface area contributed by atoms with Crippen LogP contribution >= 0.6 is 11.3 Å². The van der Waals surface area contributed by atoms with Crippen molar-refractivity contribution in [3.8, 4) is 0 Å². The largest absolute Gasteiger partial charge is 0.311 e. The van der Waals surface area contributed by atoms with Gasteiger partial charge in [0.1, 0.15) is 0 Å². The summed E-state index contributed by atoms with van der Waals surface area (Å²) >= 11 is 1.73. The van der Waals surface area contributed by atoms with Gasteiger partial charge in [-0.15, -0.1) is 11.3 Å². The fourth-order valence-electron chi connectivity index (χ4n) is 2.64. The molecule has 3 nitrogen and oxygen atoms in total. The number of rotatable bonds is 4. The van der Waals surface area contributed by atoms with Crippen molar-refractivity contribution in [2.45, 2.75) is 13.0 Å². The molecule has 1 aromatic heterocycles. The number of carbonyl (C=O) groups excluding carboxylic acids is 1. The van der Waals surface area contributed by atoms with Crippen LogP contribution in [0, 0.1) is 0 Å². The maximum Gasteiger partial charge on any atom is 0.241 e. The van der Waals surface area contributed by atoms with Gasteiger partial charge in [-0.3, -0.25) is 9.69 Å². The van der Waals surface area contributed by atoms with Crippen molar-refractivity contribution in [2.75, 3.05) is 25.0 Å². The second kappa shape index (κ2) is 5.77. The molecule has 1 aliphatic heterocycles. The van der Waals surface area contributed by atoms with Gasteiger partial charge >= 0.3 is 0 Å². The number of amides is 1. The molecule has 0 unspecified atom stereocenters. The van der Waals surface area contributed by atoms with Crippen molar-refractivity contribution in [2.24, 2.45) is 0 Å². The number of benzene rings is 1. The van der Waals surface area contributed by atoms with Gasteiger partial charge in [0.05, 0.1) is 6.54 Å². The average molecular weight is 286 g/mol. The van der Waals surface area contributed by atoms with E-state index in [1.165, 1.54) is 10.4 Å². The van der Waals surface area contributed by atoms with E-state index in [0.29, 0.717) is 6.54 Å². The second-order valence-electron chi connectivity index (χ2n) is 5.18. The van der Waals surface area contributed by atoms with Crippen LogP contribution in [0.25, 0.3) is 0 Å². The zero-order chi connectivity index (χ0) is 13.9. The lowest BCUT2D eigenvalue weighted by molar-refractivity contribution is -0.119. The van der Waals surface area contributed by atoms with Gasteiger partial charge in [-0.2, -0.15) is 0 Å². The summed E-state index contributed by atoms with van der Waals surface area (Å²) < 4.78 is 0. The quantitative estimate of drug-likeness (QED) is 0.863. The monoisotopic (exact) mass is 286 g/mol. The van der Waals surface area contributed by atoms with E-state index in [1.54, 1.807) is 11.3 Å². The molecule has 0 saturated heterocycles. The second-order valence-corrected chi connectivity index (χ2v) is 6.21. The molecule has 0 saturated carbocycles. The first-order chi connectivity index (χ1) is 9.74. The maximum absolute atomic E-state index is 12.4. The third-order valence-electron chi connectivity index (χ3n) is 3.60. The van der Waals surface area contributed by atoms with Gasteiger partial charge in [-0.25, -0.2) is 0 Å². The van der Waals surface area contributed by atoms with Gasteiger partial charge in [0.25, 0.3) is 0 Å². The van der Waals surface area contributed by atoms with Gasteiger partial charge in [0.15, 0.2) is 0 Å². The van der Waals surface area contributed by atoms with Crippen LogP contribution in [-0.2, 0) is 17.8 Å². The summed E-state index contributed by atoms with van der Waals surface area (Å²) in [5.74, 6) is 0.189. The van der Waals surface area contributed by atoms with Crippen LogP contribution in [0.4, 0.5) is 5.69 Å². The highest BCUT2D eigenvalue weighted by molar-refractivity contribution is 7.09. The molecule has 0 bridgehead atoms. The van der Waals surface area contributed by atoms with Gasteiger partial charge in [-0.05, 0) is 36.5 Å². The minimum Gasteiger partial charge on any atom is -0.311 e. The topological polar surface area (TPSA) is 23.6 Å². The SMILES string of the molecule is CN(CC(=O)N1CCc2ccccc21)Cc1cccs1. The number of nitrogens with zero attached hydrogens (tertiary/aromatic N) is 2. The Bertz CT molecular complexity index is 594. The number of hydrogen-bond donors (Lipinski definition) is 0. The van der Waals surface area contributed by atoms with Crippen LogP contribution < -0.4 is 4.90 Å². The molecule has 1 amide bonds. The predicted octanol–water partition coefficient (Wildman–Crippen LogP) is 2.77. The molecule has 2 aromatic rings. The Morgan fingerprint density at radius 1 is 1.30 bits per heavy atom. The molecule has 0 N–H and O–H groups in total. The van der Waals surface area contributed by atoms with Gasteiger partial charge in [0, 0.05) is 23.7 Å². The van der Waals surface area contributed by atoms with E-state index in [9.17, 15) is 4.79 Å². The summed E-state index contributed by atoms with van der Waals surface area (Å²) in [6.45, 7) is 2.11. The van der Waals surface area contributed by atoms with Crippen LogP contribution in [0.15, 0.2) is 41.8 Å². The lowest BCUT2D eigenvalue weighted by Crippen LogP contribution is -2.37. The molecular weight excluding hydrogens is 268 g/mol. The lowest BCUT2D eigenvalue weighted by Gasteiger charge is -2.21. The molecule has 0 spiro atoms. The molecule has 20 heavy (non-hydrogen) atoms. The van der Waals surface area contributed by atoms with Crippen molar-refractivity contribution in [3.63, 3.8) is 0 Å². The zero-order valence-electron chi connectivity index (χ0n) is 11.6. The number of hydrogen-bond acceptors (Lipinski definition) is 3. The molecule has 104 valence electrons. The number of thiophene rings is 1. The smallest absolute Gasteiger partial charge is 0.241 e. The first-order valence-corrected chi connectivity index (χ1v) is 7.71. The Morgan fingerprint density at radius 2 is 2.15 bits per heavy atom.